The molecular weight excluding hydrogens is 176 g/mol. The van der Waals surface area contributed by atoms with Crippen LogP contribution in [0, 0.1) is 17.3 Å². The van der Waals surface area contributed by atoms with Crippen molar-refractivity contribution in [1.82, 2.24) is 0 Å². The summed E-state index contributed by atoms with van der Waals surface area (Å²) in [5, 5.41) is 0. The summed E-state index contributed by atoms with van der Waals surface area (Å²) in [5.74, 6) is 2.03. The Balaban J connectivity index is 2.23. The van der Waals surface area contributed by atoms with Gasteiger partial charge in [-0.25, -0.2) is 0 Å². The molecule has 0 bridgehead atoms. The fourth-order valence-electron chi connectivity index (χ4n) is 2.87. The summed E-state index contributed by atoms with van der Waals surface area (Å²) in [7, 11) is 0. The van der Waals surface area contributed by atoms with E-state index in [4.69, 9.17) is 4.74 Å². The van der Waals surface area contributed by atoms with Crippen molar-refractivity contribution in [1.29, 1.82) is 0 Å². The van der Waals surface area contributed by atoms with Gasteiger partial charge in [0.2, 0.25) is 0 Å². The van der Waals surface area contributed by atoms with Crippen molar-refractivity contribution < 1.29 is 9.53 Å². The van der Waals surface area contributed by atoms with Crippen LogP contribution in [0.2, 0.25) is 0 Å². The maximum Gasteiger partial charge on any atom is 0.307 e. The van der Waals surface area contributed by atoms with Gasteiger partial charge in [0.1, 0.15) is 5.76 Å². The zero-order valence-corrected chi connectivity index (χ0v) is 9.39. The molecule has 1 fully saturated rings. The third kappa shape index (κ3) is 1.28. The van der Waals surface area contributed by atoms with Crippen molar-refractivity contribution in [3.05, 3.63) is 11.3 Å². The molecule has 14 heavy (non-hydrogen) atoms. The summed E-state index contributed by atoms with van der Waals surface area (Å²) >= 11 is 0. The van der Waals surface area contributed by atoms with Crippen LogP contribution in [0.4, 0.5) is 0 Å². The molecule has 1 saturated carbocycles. The predicted octanol–water partition coefficient (Wildman–Crippen LogP) is 2.89. The van der Waals surface area contributed by atoms with Gasteiger partial charge >= 0.3 is 5.97 Å². The molecule has 78 valence electrons. The van der Waals surface area contributed by atoms with Gasteiger partial charge in [-0.3, -0.25) is 4.79 Å². The van der Waals surface area contributed by atoms with E-state index in [9.17, 15) is 4.79 Å². The molecular formula is C12H18O2. The number of esters is 1. The second-order valence-electron chi connectivity index (χ2n) is 5.18. The van der Waals surface area contributed by atoms with Crippen molar-refractivity contribution in [2.24, 2.45) is 17.3 Å². The van der Waals surface area contributed by atoms with Crippen LogP contribution in [-0.2, 0) is 9.53 Å². The molecule has 0 aromatic heterocycles. The van der Waals surface area contributed by atoms with E-state index in [0.29, 0.717) is 11.3 Å². The molecule has 0 N–H and O–H groups in total. The molecule has 2 heteroatoms. The van der Waals surface area contributed by atoms with Gasteiger partial charge in [-0.2, -0.15) is 0 Å². The van der Waals surface area contributed by atoms with E-state index >= 15 is 0 Å². The molecule has 2 aliphatic carbocycles. The van der Waals surface area contributed by atoms with Gasteiger partial charge in [0.25, 0.3) is 0 Å². The van der Waals surface area contributed by atoms with Crippen LogP contribution in [0.15, 0.2) is 11.3 Å². The second kappa shape index (κ2) is 2.85. The Bertz CT molecular complexity index is 312. The lowest BCUT2D eigenvalue weighted by Gasteiger charge is -2.15. The van der Waals surface area contributed by atoms with E-state index in [-0.39, 0.29) is 5.97 Å². The third-order valence-electron chi connectivity index (χ3n) is 3.84. The first-order valence-electron chi connectivity index (χ1n) is 5.32. The van der Waals surface area contributed by atoms with Gasteiger partial charge in [0.05, 0.1) is 0 Å². The summed E-state index contributed by atoms with van der Waals surface area (Å²) in [6, 6.07) is 0. The average Bonchev–Trinajstić information content (AvgIpc) is 2.60. The molecule has 0 amide bonds. The Labute approximate surface area is 85.3 Å². The molecule has 0 aromatic rings. The standard InChI is InChI=1S/C12H18O2/c1-7-5-6-9-10(12(9,3)4)11(7)14-8(2)13/h9-10H,5-6H2,1-4H3/t9-,10-/m1/s1. The minimum atomic E-state index is -0.178. The molecule has 0 radical (unpaired) electrons. The molecule has 0 aromatic carbocycles. The lowest BCUT2D eigenvalue weighted by Crippen LogP contribution is -2.08. The molecule has 2 rings (SSSR count). The minimum absolute atomic E-state index is 0.178. The topological polar surface area (TPSA) is 26.3 Å². The minimum Gasteiger partial charge on any atom is -0.431 e. The molecule has 2 atom stereocenters. The highest BCUT2D eigenvalue weighted by Crippen LogP contribution is 2.66. The maximum atomic E-state index is 11.0. The lowest BCUT2D eigenvalue weighted by atomic mass is 9.99. The van der Waals surface area contributed by atoms with Gasteiger partial charge in [-0.15, -0.1) is 0 Å². The summed E-state index contributed by atoms with van der Waals surface area (Å²) in [5.41, 5.74) is 1.62. The Kier molecular flexibility index (Phi) is 1.98. The Morgan fingerprint density at radius 2 is 2.14 bits per heavy atom. The van der Waals surface area contributed by atoms with E-state index < -0.39 is 0 Å². The molecule has 0 saturated heterocycles. The van der Waals surface area contributed by atoms with Crippen LogP contribution in [0.3, 0.4) is 0 Å². The summed E-state index contributed by atoms with van der Waals surface area (Å²) in [6.07, 6.45) is 2.35. The molecule has 0 aliphatic heterocycles. The van der Waals surface area contributed by atoms with Crippen LogP contribution in [-0.4, -0.2) is 5.97 Å². The first-order valence-corrected chi connectivity index (χ1v) is 5.32. The quantitative estimate of drug-likeness (QED) is 0.600. The van der Waals surface area contributed by atoms with Gasteiger partial charge in [-0.1, -0.05) is 13.8 Å². The van der Waals surface area contributed by atoms with Crippen molar-refractivity contribution in [3.63, 3.8) is 0 Å². The monoisotopic (exact) mass is 194 g/mol. The maximum absolute atomic E-state index is 11.0. The second-order valence-corrected chi connectivity index (χ2v) is 5.18. The highest BCUT2D eigenvalue weighted by atomic mass is 16.5. The highest BCUT2D eigenvalue weighted by molar-refractivity contribution is 5.67. The Morgan fingerprint density at radius 1 is 1.50 bits per heavy atom. The zero-order chi connectivity index (χ0) is 10.5. The largest absolute Gasteiger partial charge is 0.431 e. The third-order valence-corrected chi connectivity index (χ3v) is 3.84. The van der Waals surface area contributed by atoms with E-state index in [1.54, 1.807) is 0 Å². The Hall–Kier alpha value is -0.790. The molecule has 0 unspecified atom stereocenters. The normalized spacial score (nSPS) is 33.7. The van der Waals surface area contributed by atoms with Crippen molar-refractivity contribution in [2.75, 3.05) is 0 Å². The number of allylic oxidation sites excluding steroid dienone is 2. The number of carbonyl (C=O) groups excluding carboxylic acids is 1. The number of carbonyl (C=O) groups is 1. The smallest absolute Gasteiger partial charge is 0.307 e. The first-order chi connectivity index (χ1) is 6.44. The predicted molar refractivity (Wildman–Crippen MR) is 54.5 cm³/mol. The van der Waals surface area contributed by atoms with Gasteiger partial charge < -0.3 is 4.74 Å². The van der Waals surface area contributed by atoms with Crippen LogP contribution in [0.5, 0.6) is 0 Å². The number of ether oxygens (including phenoxy) is 1. The van der Waals surface area contributed by atoms with Crippen molar-refractivity contribution >= 4 is 5.97 Å². The highest BCUT2D eigenvalue weighted by Gasteiger charge is 2.61. The molecule has 0 spiro atoms. The molecule has 2 nitrogen and oxygen atoms in total. The fourth-order valence-corrected chi connectivity index (χ4v) is 2.87. The summed E-state index contributed by atoms with van der Waals surface area (Å²) in [4.78, 5) is 11.0. The van der Waals surface area contributed by atoms with E-state index in [2.05, 4.69) is 20.8 Å². The molecule has 0 heterocycles. The van der Waals surface area contributed by atoms with E-state index in [0.717, 1.165) is 18.1 Å². The first kappa shape index (κ1) is 9.75. The number of hydrogen-bond acceptors (Lipinski definition) is 2. The zero-order valence-electron chi connectivity index (χ0n) is 9.39. The number of hydrogen-bond donors (Lipinski definition) is 0. The van der Waals surface area contributed by atoms with Crippen LogP contribution < -0.4 is 0 Å². The summed E-state index contributed by atoms with van der Waals surface area (Å²) < 4.78 is 5.33. The Morgan fingerprint density at radius 3 is 2.71 bits per heavy atom. The average molecular weight is 194 g/mol. The van der Waals surface area contributed by atoms with Crippen molar-refractivity contribution in [2.45, 2.75) is 40.5 Å². The van der Waals surface area contributed by atoms with Gasteiger partial charge in [-0.05, 0) is 36.7 Å². The van der Waals surface area contributed by atoms with Gasteiger partial charge in [0.15, 0.2) is 0 Å². The number of rotatable bonds is 1. The molecule has 2 aliphatic rings. The van der Waals surface area contributed by atoms with Gasteiger partial charge in [0, 0.05) is 12.8 Å². The van der Waals surface area contributed by atoms with Crippen LogP contribution in [0.25, 0.3) is 0 Å². The van der Waals surface area contributed by atoms with E-state index in [1.165, 1.54) is 18.9 Å². The van der Waals surface area contributed by atoms with Crippen molar-refractivity contribution in [3.8, 4) is 0 Å². The lowest BCUT2D eigenvalue weighted by molar-refractivity contribution is -0.137. The van der Waals surface area contributed by atoms with Crippen LogP contribution in [0.1, 0.15) is 40.5 Å². The SMILES string of the molecule is CC(=O)OC1=C(C)CC[C@@H]2[C@H]1C2(C)C. The van der Waals surface area contributed by atoms with Crippen LogP contribution >= 0.6 is 0 Å². The summed E-state index contributed by atoms with van der Waals surface area (Å²) in [6.45, 7) is 8.11. The number of fused-ring (bicyclic) bond motifs is 1. The fraction of sp³-hybridized carbons (Fsp3) is 0.750. The van der Waals surface area contributed by atoms with E-state index in [1.807, 2.05) is 0 Å².